The van der Waals surface area contributed by atoms with E-state index in [4.69, 9.17) is 4.74 Å². The molecular formula is C22H24N2O2. The molecule has 4 nitrogen and oxygen atoms in total. The van der Waals surface area contributed by atoms with Crippen LogP contribution in [0.25, 0.3) is 10.8 Å². The van der Waals surface area contributed by atoms with Crippen LogP contribution < -0.4 is 15.4 Å². The van der Waals surface area contributed by atoms with E-state index in [2.05, 4.69) is 34.9 Å². The summed E-state index contributed by atoms with van der Waals surface area (Å²) in [7, 11) is 0. The summed E-state index contributed by atoms with van der Waals surface area (Å²) in [5.74, 6) is 0.852. The molecular weight excluding hydrogens is 324 g/mol. The van der Waals surface area contributed by atoms with Gasteiger partial charge in [-0.15, -0.1) is 0 Å². The molecule has 0 atom stereocenters. The third-order valence-electron chi connectivity index (χ3n) is 4.15. The lowest BCUT2D eigenvalue weighted by Crippen LogP contribution is -2.30. The van der Waals surface area contributed by atoms with Crippen molar-refractivity contribution < 1.29 is 9.53 Å². The lowest BCUT2D eigenvalue weighted by Gasteiger charge is -2.11. The first-order chi connectivity index (χ1) is 12.8. The number of hydrogen-bond donors (Lipinski definition) is 2. The average molecular weight is 348 g/mol. The Hall–Kier alpha value is -3.01. The molecule has 0 aliphatic rings. The van der Waals surface area contributed by atoms with Gasteiger partial charge in [0.2, 0.25) is 5.91 Å². The largest absolute Gasteiger partial charge is 0.494 e. The molecule has 0 fully saturated rings. The van der Waals surface area contributed by atoms with Crippen LogP contribution in [-0.2, 0) is 11.2 Å². The monoisotopic (exact) mass is 348 g/mol. The fourth-order valence-corrected chi connectivity index (χ4v) is 2.90. The van der Waals surface area contributed by atoms with Gasteiger partial charge in [-0.05, 0) is 36.1 Å². The summed E-state index contributed by atoms with van der Waals surface area (Å²) in [6.07, 6.45) is 0.376. The van der Waals surface area contributed by atoms with Gasteiger partial charge in [-0.3, -0.25) is 4.79 Å². The summed E-state index contributed by atoms with van der Waals surface area (Å²) in [6.45, 7) is 3.86. The summed E-state index contributed by atoms with van der Waals surface area (Å²) in [4.78, 5) is 12.1. The van der Waals surface area contributed by atoms with Crippen LogP contribution in [0.3, 0.4) is 0 Å². The van der Waals surface area contributed by atoms with Crippen LogP contribution in [0.1, 0.15) is 12.5 Å². The molecule has 1 amide bonds. The second-order valence-electron chi connectivity index (χ2n) is 6.06. The molecule has 0 saturated carbocycles. The summed E-state index contributed by atoms with van der Waals surface area (Å²) in [6, 6.07) is 22.1. The summed E-state index contributed by atoms with van der Waals surface area (Å²) >= 11 is 0. The van der Waals surface area contributed by atoms with E-state index in [0.717, 1.165) is 17.0 Å². The quantitative estimate of drug-likeness (QED) is 0.605. The van der Waals surface area contributed by atoms with Crippen molar-refractivity contribution in [2.24, 2.45) is 0 Å². The summed E-state index contributed by atoms with van der Waals surface area (Å²) in [5, 5.41) is 8.75. The Morgan fingerprint density at radius 3 is 2.50 bits per heavy atom. The molecule has 134 valence electrons. The molecule has 0 spiro atoms. The van der Waals surface area contributed by atoms with Gasteiger partial charge >= 0.3 is 0 Å². The van der Waals surface area contributed by atoms with Crippen LogP contribution in [-0.4, -0.2) is 25.6 Å². The Morgan fingerprint density at radius 1 is 0.923 bits per heavy atom. The van der Waals surface area contributed by atoms with Gasteiger partial charge in [-0.25, -0.2) is 0 Å². The van der Waals surface area contributed by atoms with E-state index in [0.29, 0.717) is 26.1 Å². The van der Waals surface area contributed by atoms with Crippen molar-refractivity contribution in [2.75, 3.05) is 25.0 Å². The Morgan fingerprint density at radius 2 is 1.69 bits per heavy atom. The predicted molar refractivity (Wildman–Crippen MR) is 107 cm³/mol. The van der Waals surface area contributed by atoms with Gasteiger partial charge in [0, 0.05) is 24.2 Å². The highest BCUT2D eigenvalue weighted by molar-refractivity contribution is 5.93. The van der Waals surface area contributed by atoms with Crippen LogP contribution in [0.4, 0.5) is 5.69 Å². The lowest BCUT2D eigenvalue weighted by molar-refractivity contribution is -0.120. The van der Waals surface area contributed by atoms with Gasteiger partial charge in [-0.2, -0.15) is 0 Å². The van der Waals surface area contributed by atoms with E-state index in [9.17, 15) is 4.79 Å². The number of hydrogen-bond acceptors (Lipinski definition) is 3. The zero-order chi connectivity index (χ0) is 18.2. The maximum atomic E-state index is 12.1. The van der Waals surface area contributed by atoms with Crippen LogP contribution in [0.15, 0.2) is 66.7 Å². The van der Waals surface area contributed by atoms with E-state index in [1.54, 1.807) is 0 Å². The van der Waals surface area contributed by atoms with Crippen LogP contribution in [0.2, 0.25) is 0 Å². The average Bonchev–Trinajstić information content (AvgIpc) is 2.67. The Kier molecular flexibility index (Phi) is 6.09. The minimum Gasteiger partial charge on any atom is -0.494 e. The molecule has 0 aliphatic carbocycles. The van der Waals surface area contributed by atoms with Crippen molar-refractivity contribution in [3.05, 3.63) is 72.3 Å². The lowest BCUT2D eigenvalue weighted by atomic mass is 10.1. The van der Waals surface area contributed by atoms with E-state index in [-0.39, 0.29) is 5.91 Å². The van der Waals surface area contributed by atoms with Crippen molar-refractivity contribution in [1.29, 1.82) is 0 Å². The van der Waals surface area contributed by atoms with E-state index in [1.165, 1.54) is 10.8 Å². The molecule has 2 N–H and O–H groups in total. The SMILES string of the molecule is CCOc1ccc(CC(=O)NCCNc2cccc3ccccc23)cc1. The van der Waals surface area contributed by atoms with E-state index >= 15 is 0 Å². The molecule has 0 unspecified atom stereocenters. The number of anilines is 1. The third-order valence-corrected chi connectivity index (χ3v) is 4.15. The zero-order valence-corrected chi connectivity index (χ0v) is 15.0. The minimum atomic E-state index is 0.0221. The summed E-state index contributed by atoms with van der Waals surface area (Å²) < 4.78 is 5.41. The standard InChI is InChI=1S/C22H24N2O2/c1-2-26-19-12-10-17(11-13-19)16-22(25)24-15-14-23-21-9-5-7-18-6-3-4-8-20(18)21/h3-13,23H,2,14-16H2,1H3,(H,24,25). The van der Waals surface area contributed by atoms with Gasteiger partial charge < -0.3 is 15.4 Å². The Labute approximate surface area is 154 Å². The molecule has 3 aromatic carbocycles. The number of amides is 1. The maximum Gasteiger partial charge on any atom is 0.224 e. The fourth-order valence-electron chi connectivity index (χ4n) is 2.90. The van der Waals surface area contributed by atoms with Crippen molar-refractivity contribution in [2.45, 2.75) is 13.3 Å². The van der Waals surface area contributed by atoms with Crippen molar-refractivity contribution in [3.8, 4) is 5.75 Å². The molecule has 0 heterocycles. The number of carbonyl (C=O) groups excluding carboxylic acids is 1. The molecule has 4 heteroatoms. The van der Waals surface area contributed by atoms with Gasteiger partial charge in [0.05, 0.1) is 13.0 Å². The first-order valence-corrected chi connectivity index (χ1v) is 8.96. The Balaban J connectivity index is 1.45. The van der Waals surface area contributed by atoms with Crippen molar-refractivity contribution >= 4 is 22.4 Å². The highest BCUT2D eigenvalue weighted by Crippen LogP contribution is 2.22. The second-order valence-corrected chi connectivity index (χ2v) is 6.06. The topological polar surface area (TPSA) is 50.4 Å². The number of benzene rings is 3. The Bertz CT molecular complexity index is 854. The molecule has 0 aromatic heterocycles. The number of fused-ring (bicyclic) bond motifs is 1. The van der Waals surface area contributed by atoms with E-state index in [1.807, 2.05) is 49.4 Å². The maximum absolute atomic E-state index is 12.1. The fraction of sp³-hybridized carbons (Fsp3) is 0.227. The summed E-state index contributed by atoms with van der Waals surface area (Å²) in [5.41, 5.74) is 2.07. The van der Waals surface area contributed by atoms with Gasteiger partial charge in [0.25, 0.3) is 0 Å². The zero-order valence-electron chi connectivity index (χ0n) is 15.0. The molecule has 0 aliphatic heterocycles. The third kappa shape index (κ3) is 4.76. The van der Waals surface area contributed by atoms with E-state index < -0.39 is 0 Å². The molecule has 3 rings (SSSR count). The first kappa shape index (κ1) is 17.8. The van der Waals surface area contributed by atoms with Gasteiger partial charge in [0.1, 0.15) is 5.75 Å². The number of nitrogens with one attached hydrogen (secondary N) is 2. The number of carbonyl (C=O) groups is 1. The van der Waals surface area contributed by atoms with Crippen molar-refractivity contribution in [1.82, 2.24) is 5.32 Å². The number of ether oxygens (including phenoxy) is 1. The van der Waals surface area contributed by atoms with Crippen LogP contribution >= 0.6 is 0 Å². The van der Waals surface area contributed by atoms with Crippen LogP contribution in [0, 0.1) is 0 Å². The highest BCUT2D eigenvalue weighted by Gasteiger charge is 2.04. The smallest absolute Gasteiger partial charge is 0.224 e. The van der Waals surface area contributed by atoms with Gasteiger partial charge in [0.15, 0.2) is 0 Å². The number of rotatable bonds is 8. The van der Waals surface area contributed by atoms with Gasteiger partial charge in [-0.1, -0.05) is 48.5 Å². The minimum absolute atomic E-state index is 0.0221. The molecule has 0 bridgehead atoms. The van der Waals surface area contributed by atoms with Crippen LogP contribution in [0.5, 0.6) is 5.75 Å². The molecule has 0 radical (unpaired) electrons. The predicted octanol–water partition coefficient (Wildman–Crippen LogP) is 4.01. The first-order valence-electron chi connectivity index (χ1n) is 8.96. The normalized spacial score (nSPS) is 10.5. The molecule has 26 heavy (non-hydrogen) atoms. The molecule has 0 saturated heterocycles. The van der Waals surface area contributed by atoms with Crippen molar-refractivity contribution in [3.63, 3.8) is 0 Å². The highest BCUT2D eigenvalue weighted by atomic mass is 16.5. The second kappa shape index (κ2) is 8.90. The molecule has 3 aromatic rings.